The molecule has 0 bridgehead atoms. The van der Waals surface area contributed by atoms with Gasteiger partial charge >= 0.3 is 0 Å². The minimum Gasteiger partial charge on any atom is -0.376 e. The Kier molecular flexibility index (Phi) is 3.74. The van der Waals surface area contributed by atoms with Crippen molar-refractivity contribution in [1.82, 2.24) is 5.32 Å². The van der Waals surface area contributed by atoms with Crippen LogP contribution in [0.5, 0.6) is 0 Å². The molecule has 1 fully saturated rings. The maximum Gasteiger partial charge on any atom is 0.128 e. The van der Waals surface area contributed by atoms with Gasteiger partial charge in [0, 0.05) is 12.2 Å². The molecule has 3 unspecified atom stereocenters. The quantitative estimate of drug-likeness (QED) is 0.878. The zero-order valence-corrected chi connectivity index (χ0v) is 10.0. The molecule has 4 heteroatoms. The molecule has 3 atom stereocenters. The fourth-order valence-corrected chi connectivity index (χ4v) is 2.39. The molecule has 1 aliphatic heterocycles. The van der Waals surface area contributed by atoms with Crippen LogP contribution in [0.15, 0.2) is 18.2 Å². The first kappa shape index (κ1) is 12.5. The van der Waals surface area contributed by atoms with E-state index in [2.05, 4.69) is 12.2 Å². The van der Waals surface area contributed by atoms with Crippen LogP contribution < -0.4 is 5.32 Å². The molecule has 17 heavy (non-hydrogen) atoms. The molecule has 2 nitrogen and oxygen atoms in total. The van der Waals surface area contributed by atoms with Gasteiger partial charge in [0.15, 0.2) is 0 Å². The van der Waals surface area contributed by atoms with Gasteiger partial charge in [-0.1, -0.05) is 6.92 Å². The average Bonchev–Trinajstić information content (AvgIpc) is 2.71. The number of halogens is 2. The Morgan fingerprint density at radius 2 is 2.18 bits per heavy atom. The number of nitrogens with one attached hydrogen (secondary N) is 1. The summed E-state index contributed by atoms with van der Waals surface area (Å²) >= 11 is 0. The number of rotatable bonds is 3. The summed E-state index contributed by atoms with van der Waals surface area (Å²) in [7, 11) is 1.74. The molecule has 1 aromatic rings. The highest BCUT2D eigenvalue weighted by Crippen LogP contribution is 2.32. The topological polar surface area (TPSA) is 21.3 Å². The van der Waals surface area contributed by atoms with E-state index in [9.17, 15) is 8.78 Å². The first-order chi connectivity index (χ1) is 8.13. The highest BCUT2D eigenvalue weighted by molar-refractivity contribution is 5.24. The minimum atomic E-state index is -0.424. The first-order valence-electron chi connectivity index (χ1n) is 5.87. The van der Waals surface area contributed by atoms with Crippen molar-refractivity contribution in [2.45, 2.75) is 25.5 Å². The van der Waals surface area contributed by atoms with Crippen molar-refractivity contribution in [1.29, 1.82) is 0 Å². The molecule has 1 heterocycles. The van der Waals surface area contributed by atoms with Crippen LogP contribution in [0.2, 0.25) is 0 Å². The SMILES string of the molecule is CNC(c1cc(F)ccc1F)C1OCCC1C. The highest BCUT2D eigenvalue weighted by atomic mass is 19.1. The summed E-state index contributed by atoms with van der Waals surface area (Å²) < 4.78 is 32.5. The molecule has 0 amide bonds. The zero-order chi connectivity index (χ0) is 12.4. The molecule has 0 aromatic heterocycles. The molecular formula is C13H17F2NO. The zero-order valence-electron chi connectivity index (χ0n) is 10.0. The summed E-state index contributed by atoms with van der Waals surface area (Å²) in [6.45, 7) is 2.75. The van der Waals surface area contributed by atoms with Gasteiger partial charge in [0.2, 0.25) is 0 Å². The Balaban J connectivity index is 2.31. The summed E-state index contributed by atoms with van der Waals surface area (Å²) in [5.41, 5.74) is 0.339. The van der Waals surface area contributed by atoms with Crippen LogP contribution in [-0.4, -0.2) is 19.8 Å². The summed E-state index contributed by atoms with van der Waals surface area (Å²) in [5.74, 6) is -0.476. The Bertz CT molecular complexity index is 397. The van der Waals surface area contributed by atoms with E-state index in [0.29, 0.717) is 18.1 Å². The molecule has 0 aliphatic carbocycles. The fourth-order valence-electron chi connectivity index (χ4n) is 2.39. The molecule has 1 aromatic carbocycles. The molecule has 0 saturated carbocycles. The van der Waals surface area contributed by atoms with E-state index in [0.717, 1.165) is 18.6 Å². The van der Waals surface area contributed by atoms with Crippen LogP contribution in [0, 0.1) is 17.6 Å². The van der Waals surface area contributed by atoms with Crippen molar-refractivity contribution in [2.75, 3.05) is 13.7 Å². The van der Waals surface area contributed by atoms with Crippen LogP contribution in [0.1, 0.15) is 24.9 Å². The van der Waals surface area contributed by atoms with E-state index in [1.54, 1.807) is 7.05 Å². The van der Waals surface area contributed by atoms with Gasteiger partial charge in [0.1, 0.15) is 11.6 Å². The molecule has 1 saturated heterocycles. The summed E-state index contributed by atoms with van der Waals surface area (Å²) in [5, 5.41) is 3.03. The fraction of sp³-hybridized carbons (Fsp3) is 0.538. The molecule has 0 radical (unpaired) electrons. The monoisotopic (exact) mass is 241 g/mol. The molecule has 94 valence electrons. The molecule has 1 aliphatic rings. The van der Waals surface area contributed by atoms with Crippen molar-refractivity contribution in [3.63, 3.8) is 0 Å². The van der Waals surface area contributed by atoms with Crippen molar-refractivity contribution >= 4 is 0 Å². The number of hydrogen-bond acceptors (Lipinski definition) is 2. The summed E-state index contributed by atoms with van der Waals surface area (Å²) in [4.78, 5) is 0. The van der Waals surface area contributed by atoms with Crippen LogP contribution in [0.3, 0.4) is 0 Å². The van der Waals surface area contributed by atoms with Gasteiger partial charge in [0.25, 0.3) is 0 Å². The van der Waals surface area contributed by atoms with Gasteiger partial charge in [-0.05, 0) is 37.6 Å². The second-order valence-corrected chi connectivity index (χ2v) is 4.53. The second-order valence-electron chi connectivity index (χ2n) is 4.53. The largest absolute Gasteiger partial charge is 0.376 e. The van der Waals surface area contributed by atoms with Gasteiger partial charge in [-0.15, -0.1) is 0 Å². The Morgan fingerprint density at radius 3 is 2.76 bits per heavy atom. The normalized spacial score (nSPS) is 26.1. The second kappa shape index (κ2) is 5.10. The van der Waals surface area contributed by atoms with Crippen molar-refractivity contribution in [3.05, 3.63) is 35.4 Å². The number of likely N-dealkylation sites (N-methyl/N-ethyl adjacent to an activating group) is 1. The Morgan fingerprint density at radius 1 is 1.41 bits per heavy atom. The van der Waals surface area contributed by atoms with Crippen LogP contribution in [0.25, 0.3) is 0 Å². The minimum absolute atomic E-state index is 0.101. The lowest BCUT2D eigenvalue weighted by Gasteiger charge is -2.26. The maximum absolute atomic E-state index is 13.7. The molecule has 2 rings (SSSR count). The van der Waals surface area contributed by atoms with Gasteiger partial charge in [-0.2, -0.15) is 0 Å². The van der Waals surface area contributed by atoms with Gasteiger partial charge in [-0.25, -0.2) is 8.78 Å². The van der Waals surface area contributed by atoms with Crippen LogP contribution in [0.4, 0.5) is 8.78 Å². The maximum atomic E-state index is 13.7. The number of ether oxygens (including phenoxy) is 1. The Labute approximate surface area is 100.0 Å². The lowest BCUT2D eigenvalue weighted by Crippen LogP contribution is -2.33. The van der Waals surface area contributed by atoms with Crippen molar-refractivity contribution < 1.29 is 13.5 Å². The molecule has 0 spiro atoms. The van der Waals surface area contributed by atoms with E-state index < -0.39 is 11.6 Å². The van der Waals surface area contributed by atoms with E-state index in [-0.39, 0.29) is 12.1 Å². The molecular weight excluding hydrogens is 224 g/mol. The van der Waals surface area contributed by atoms with E-state index >= 15 is 0 Å². The van der Waals surface area contributed by atoms with Gasteiger partial charge in [0.05, 0.1) is 12.1 Å². The van der Waals surface area contributed by atoms with Crippen LogP contribution in [-0.2, 0) is 4.74 Å². The smallest absolute Gasteiger partial charge is 0.128 e. The number of hydrogen-bond donors (Lipinski definition) is 1. The van der Waals surface area contributed by atoms with E-state index in [4.69, 9.17) is 4.74 Å². The van der Waals surface area contributed by atoms with Crippen molar-refractivity contribution in [2.24, 2.45) is 5.92 Å². The van der Waals surface area contributed by atoms with E-state index in [1.165, 1.54) is 6.07 Å². The Hall–Kier alpha value is -1.00. The van der Waals surface area contributed by atoms with Gasteiger partial charge < -0.3 is 10.1 Å². The first-order valence-corrected chi connectivity index (χ1v) is 5.87. The van der Waals surface area contributed by atoms with Crippen LogP contribution >= 0.6 is 0 Å². The molecule has 1 N–H and O–H groups in total. The third-order valence-corrected chi connectivity index (χ3v) is 3.38. The third kappa shape index (κ3) is 2.48. The predicted octanol–water partition coefficient (Wildman–Crippen LogP) is 2.65. The highest BCUT2D eigenvalue weighted by Gasteiger charge is 2.33. The lowest BCUT2D eigenvalue weighted by atomic mass is 9.92. The van der Waals surface area contributed by atoms with E-state index in [1.807, 2.05) is 0 Å². The van der Waals surface area contributed by atoms with Crippen molar-refractivity contribution in [3.8, 4) is 0 Å². The average molecular weight is 241 g/mol. The number of benzene rings is 1. The van der Waals surface area contributed by atoms with Gasteiger partial charge in [-0.3, -0.25) is 0 Å². The third-order valence-electron chi connectivity index (χ3n) is 3.38. The predicted molar refractivity (Wildman–Crippen MR) is 61.7 cm³/mol. The lowest BCUT2D eigenvalue weighted by molar-refractivity contribution is 0.0619. The summed E-state index contributed by atoms with van der Waals surface area (Å²) in [6, 6.07) is 3.23. The summed E-state index contributed by atoms with van der Waals surface area (Å²) in [6.07, 6.45) is 0.857. The standard InChI is InChI=1S/C13H17F2NO/c1-8-5-6-17-13(8)12(16-2)10-7-9(14)3-4-11(10)15/h3-4,7-8,12-13,16H,5-6H2,1-2H3.